The summed E-state index contributed by atoms with van der Waals surface area (Å²) in [7, 11) is 0. The Labute approximate surface area is 98.8 Å². The Bertz CT molecular complexity index is 246. The van der Waals surface area contributed by atoms with Gasteiger partial charge >= 0.3 is 0 Å². The fourth-order valence-electron chi connectivity index (χ4n) is 2.89. The lowest BCUT2D eigenvalue weighted by atomic mass is 9.95. The van der Waals surface area contributed by atoms with Crippen molar-refractivity contribution >= 4 is 5.91 Å². The van der Waals surface area contributed by atoms with Gasteiger partial charge in [0.2, 0.25) is 5.91 Å². The van der Waals surface area contributed by atoms with Crippen molar-refractivity contribution in [3.63, 3.8) is 0 Å². The van der Waals surface area contributed by atoms with Crippen LogP contribution in [0.1, 0.15) is 33.1 Å². The van der Waals surface area contributed by atoms with Crippen LogP contribution in [0.5, 0.6) is 0 Å². The summed E-state index contributed by atoms with van der Waals surface area (Å²) >= 11 is 0. The fraction of sp³-hybridized carbons (Fsp3) is 0.923. The Morgan fingerprint density at radius 2 is 1.88 bits per heavy atom. The molecule has 0 radical (unpaired) electrons. The molecule has 1 atom stereocenters. The van der Waals surface area contributed by atoms with Gasteiger partial charge in [-0.2, -0.15) is 0 Å². The lowest BCUT2D eigenvalue weighted by Gasteiger charge is -2.32. The van der Waals surface area contributed by atoms with Crippen molar-refractivity contribution in [1.82, 2.24) is 9.80 Å². The normalized spacial score (nSPS) is 28.6. The van der Waals surface area contributed by atoms with Gasteiger partial charge in [-0.1, -0.05) is 13.8 Å². The van der Waals surface area contributed by atoms with Gasteiger partial charge < -0.3 is 9.80 Å². The van der Waals surface area contributed by atoms with Gasteiger partial charge in [0.25, 0.3) is 0 Å². The number of likely N-dealkylation sites (tertiary alicyclic amines) is 2. The zero-order valence-corrected chi connectivity index (χ0v) is 10.6. The van der Waals surface area contributed by atoms with Crippen molar-refractivity contribution in [2.75, 3.05) is 32.7 Å². The molecule has 0 aromatic carbocycles. The number of amides is 1. The molecule has 3 nitrogen and oxygen atoms in total. The highest BCUT2D eigenvalue weighted by atomic mass is 16.2. The molecule has 0 aliphatic carbocycles. The first kappa shape index (κ1) is 11.9. The van der Waals surface area contributed by atoms with Gasteiger partial charge in [0.1, 0.15) is 0 Å². The summed E-state index contributed by atoms with van der Waals surface area (Å²) in [4.78, 5) is 16.8. The molecule has 2 aliphatic heterocycles. The van der Waals surface area contributed by atoms with Gasteiger partial charge in [0, 0.05) is 19.0 Å². The second-order valence-electron chi connectivity index (χ2n) is 5.39. The maximum Gasteiger partial charge on any atom is 0.225 e. The summed E-state index contributed by atoms with van der Waals surface area (Å²) in [6, 6.07) is 0. The third-order valence-corrected chi connectivity index (χ3v) is 4.12. The minimum atomic E-state index is 0.313. The molecule has 0 saturated carbocycles. The Hall–Kier alpha value is -0.570. The molecule has 2 saturated heterocycles. The molecule has 1 amide bonds. The standard InChI is InChI=1S/C13H24N2O/c1-3-14-7-5-12(6-8-14)13(16)15-9-4-11(2)10-15/h11-12H,3-10H2,1-2H3/t11-/m1/s1. The smallest absolute Gasteiger partial charge is 0.225 e. The van der Waals surface area contributed by atoms with Gasteiger partial charge in [-0.05, 0) is 44.8 Å². The van der Waals surface area contributed by atoms with Crippen LogP contribution in [0.25, 0.3) is 0 Å². The van der Waals surface area contributed by atoms with Crippen molar-refractivity contribution in [3.8, 4) is 0 Å². The summed E-state index contributed by atoms with van der Waals surface area (Å²) in [6.45, 7) is 9.77. The number of nitrogens with zero attached hydrogens (tertiary/aromatic N) is 2. The highest BCUT2D eigenvalue weighted by molar-refractivity contribution is 5.79. The number of hydrogen-bond acceptors (Lipinski definition) is 2. The van der Waals surface area contributed by atoms with E-state index in [9.17, 15) is 4.79 Å². The van der Waals surface area contributed by atoms with E-state index in [0.717, 1.165) is 45.6 Å². The Morgan fingerprint density at radius 3 is 2.38 bits per heavy atom. The van der Waals surface area contributed by atoms with Crippen LogP contribution in [-0.2, 0) is 4.79 Å². The van der Waals surface area contributed by atoms with Crippen LogP contribution in [0.15, 0.2) is 0 Å². The van der Waals surface area contributed by atoms with Crippen LogP contribution in [0, 0.1) is 11.8 Å². The van der Waals surface area contributed by atoms with E-state index in [0.29, 0.717) is 17.7 Å². The summed E-state index contributed by atoms with van der Waals surface area (Å²) in [5.41, 5.74) is 0. The zero-order valence-electron chi connectivity index (χ0n) is 10.6. The Morgan fingerprint density at radius 1 is 1.19 bits per heavy atom. The molecule has 92 valence electrons. The van der Waals surface area contributed by atoms with E-state index in [1.54, 1.807) is 0 Å². The lowest BCUT2D eigenvalue weighted by Crippen LogP contribution is -2.41. The first-order valence-corrected chi connectivity index (χ1v) is 6.71. The van der Waals surface area contributed by atoms with E-state index in [4.69, 9.17) is 0 Å². The largest absolute Gasteiger partial charge is 0.342 e. The monoisotopic (exact) mass is 224 g/mol. The molecule has 2 heterocycles. The van der Waals surface area contributed by atoms with Crippen molar-refractivity contribution in [2.24, 2.45) is 11.8 Å². The molecule has 0 aromatic rings. The Balaban J connectivity index is 1.82. The average Bonchev–Trinajstić information content (AvgIpc) is 2.75. The van der Waals surface area contributed by atoms with Gasteiger partial charge in [-0.25, -0.2) is 0 Å². The van der Waals surface area contributed by atoms with E-state index in [2.05, 4.69) is 23.6 Å². The lowest BCUT2D eigenvalue weighted by molar-refractivity contribution is -0.136. The minimum absolute atomic E-state index is 0.313. The van der Waals surface area contributed by atoms with Crippen LogP contribution >= 0.6 is 0 Å². The number of carbonyl (C=O) groups is 1. The number of piperidine rings is 1. The summed E-state index contributed by atoms with van der Waals surface area (Å²) in [6.07, 6.45) is 3.33. The van der Waals surface area contributed by atoms with Gasteiger partial charge in [0.15, 0.2) is 0 Å². The number of carbonyl (C=O) groups excluding carboxylic acids is 1. The third kappa shape index (κ3) is 2.57. The molecule has 2 rings (SSSR count). The number of hydrogen-bond donors (Lipinski definition) is 0. The average molecular weight is 224 g/mol. The first-order chi connectivity index (χ1) is 7.70. The van der Waals surface area contributed by atoms with Gasteiger partial charge in [-0.15, -0.1) is 0 Å². The molecule has 0 bridgehead atoms. The second kappa shape index (κ2) is 5.17. The quantitative estimate of drug-likeness (QED) is 0.711. The molecule has 16 heavy (non-hydrogen) atoms. The molecule has 0 N–H and O–H groups in total. The topological polar surface area (TPSA) is 23.6 Å². The molecule has 2 aliphatic rings. The van der Waals surface area contributed by atoms with E-state index < -0.39 is 0 Å². The van der Waals surface area contributed by atoms with Crippen molar-refractivity contribution < 1.29 is 4.79 Å². The molecule has 0 unspecified atom stereocenters. The van der Waals surface area contributed by atoms with Crippen LogP contribution in [0.2, 0.25) is 0 Å². The third-order valence-electron chi connectivity index (χ3n) is 4.12. The van der Waals surface area contributed by atoms with Crippen molar-refractivity contribution in [1.29, 1.82) is 0 Å². The highest BCUT2D eigenvalue weighted by Crippen LogP contribution is 2.23. The highest BCUT2D eigenvalue weighted by Gasteiger charge is 2.31. The van der Waals surface area contributed by atoms with Crippen LogP contribution in [0.3, 0.4) is 0 Å². The van der Waals surface area contributed by atoms with Crippen LogP contribution < -0.4 is 0 Å². The molecular weight excluding hydrogens is 200 g/mol. The summed E-state index contributed by atoms with van der Waals surface area (Å²) in [5, 5.41) is 0. The zero-order chi connectivity index (χ0) is 11.5. The van der Waals surface area contributed by atoms with Gasteiger partial charge in [-0.3, -0.25) is 4.79 Å². The molecule has 2 fully saturated rings. The predicted molar refractivity (Wildman–Crippen MR) is 65.2 cm³/mol. The molecule has 0 spiro atoms. The molecule has 3 heteroatoms. The number of rotatable bonds is 2. The van der Waals surface area contributed by atoms with Gasteiger partial charge in [0.05, 0.1) is 0 Å². The SMILES string of the molecule is CCN1CCC(C(=O)N2CC[C@@H](C)C2)CC1. The van der Waals surface area contributed by atoms with E-state index >= 15 is 0 Å². The second-order valence-corrected chi connectivity index (χ2v) is 5.39. The maximum absolute atomic E-state index is 12.2. The fourth-order valence-corrected chi connectivity index (χ4v) is 2.89. The van der Waals surface area contributed by atoms with Crippen LogP contribution in [0.4, 0.5) is 0 Å². The maximum atomic E-state index is 12.2. The Kier molecular flexibility index (Phi) is 3.85. The van der Waals surface area contributed by atoms with E-state index in [1.165, 1.54) is 6.42 Å². The predicted octanol–water partition coefficient (Wildman–Crippen LogP) is 1.59. The molecular formula is C13H24N2O. The minimum Gasteiger partial charge on any atom is -0.342 e. The first-order valence-electron chi connectivity index (χ1n) is 6.71. The van der Waals surface area contributed by atoms with E-state index in [1.807, 2.05) is 0 Å². The van der Waals surface area contributed by atoms with E-state index in [-0.39, 0.29) is 0 Å². The summed E-state index contributed by atoms with van der Waals surface area (Å²) in [5.74, 6) is 1.45. The summed E-state index contributed by atoms with van der Waals surface area (Å²) < 4.78 is 0. The van der Waals surface area contributed by atoms with Crippen LogP contribution in [-0.4, -0.2) is 48.4 Å². The molecule has 0 aromatic heterocycles. The van der Waals surface area contributed by atoms with Crippen molar-refractivity contribution in [3.05, 3.63) is 0 Å². The van der Waals surface area contributed by atoms with Crippen molar-refractivity contribution in [2.45, 2.75) is 33.1 Å².